The number of aryl methyl sites for hydroxylation is 1. The lowest BCUT2D eigenvalue weighted by atomic mass is 9.91. The third kappa shape index (κ3) is 2.15. The molecule has 0 fully saturated rings. The number of carbonyl (C=O) groups excluding carboxylic acids is 1. The van der Waals surface area contributed by atoms with Gasteiger partial charge in [-0.25, -0.2) is 4.98 Å². The summed E-state index contributed by atoms with van der Waals surface area (Å²) >= 11 is 1.49. The highest BCUT2D eigenvalue weighted by molar-refractivity contribution is 7.13. The fraction of sp³-hybridized carbons (Fsp3) is 0.600. The van der Waals surface area contributed by atoms with Gasteiger partial charge in [-0.05, 0) is 6.92 Å². The summed E-state index contributed by atoms with van der Waals surface area (Å²) in [6.45, 7) is 9.77. The minimum absolute atomic E-state index is 0.0359. The van der Waals surface area contributed by atoms with Crippen molar-refractivity contribution in [3.8, 4) is 0 Å². The summed E-state index contributed by atoms with van der Waals surface area (Å²) in [5, 5.41) is 0.968. The molecule has 0 radical (unpaired) electrons. The van der Waals surface area contributed by atoms with Crippen molar-refractivity contribution < 1.29 is 4.79 Å². The van der Waals surface area contributed by atoms with E-state index in [1.165, 1.54) is 11.3 Å². The van der Waals surface area contributed by atoms with E-state index in [1.807, 2.05) is 6.92 Å². The second kappa shape index (κ2) is 3.22. The van der Waals surface area contributed by atoms with Gasteiger partial charge in [-0.15, -0.1) is 11.3 Å². The van der Waals surface area contributed by atoms with Gasteiger partial charge >= 0.3 is 0 Å². The Bertz CT molecular complexity index is 333. The number of nitrogens with zero attached hydrogens (tertiary/aromatic N) is 1. The fourth-order valence-corrected chi connectivity index (χ4v) is 2.20. The van der Waals surface area contributed by atoms with Gasteiger partial charge in [0.25, 0.3) is 0 Å². The molecule has 0 aliphatic carbocycles. The molecule has 0 atom stereocenters. The van der Waals surface area contributed by atoms with Gasteiger partial charge in [0.15, 0.2) is 5.78 Å². The highest BCUT2D eigenvalue weighted by Gasteiger charge is 2.24. The van der Waals surface area contributed by atoms with Gasteiger partial charge in [0.1, 0.15) is 0 Å². The maximum absolute atomic E-state index is 11.3. The molecule has 0 aliphatic heterocycles. The topological polar surface area (TPSA) is 30.0 Å². The van der Waals surface area contributed by atoms with Gasteiger partial charge in [-0.2, -0.15) is 0 Å². The molecular formula is C10H15NOS. The second-order valence-electron chi connectivity index (χ2n) is 4.22. The van der Waals surface area contributed by atoms with Crippen molar-refractivity contribution in [3.05, 3.63) is 15.6 Å². The Morgan fingerprint density at radius 2 is 1.92 bits per heavy atom. The first-order chi connectivity index (χ1) is 5.82. The quantitative estimate of drug-likeness (QED) is 0.648. The monoisotopic (exact) mass is 197 g/mol. The third-order valence-corrected chi connectivity index (χ3v) is 2.84. The smallest absolute Gasteiger partial charge is 0.171 e. The number of hydrogen-bond donors (Lipinski definition) is 0. The average Bonchev–Trinajstić information content (AvgIpc) is 2.29. The maximum Gasteiger partial charge on any atom is 0.171 e. The molecule has 0 saturated heterocycles. The Morgan fingerprint density at radius 1 is 1.38 bits per heavy atom. The van der Waals surface area contributed by atoms with E-state index in [2.05, 4.69) is 25.8 Å². The van der Waals surface area contributed by atoms with Gasteiger partial charge in [0.05, 0.1) is 15.6 Å². The minimum Gasteiger partial charge on any atom is -0.294 e. The molecule has 1 rings (SSSR count). The lowest BCUT2D eigenvalue weighted by molar-refractivity contribution is 0.101. The summed E-state index contributed by atoms with van der Waals surface area (Å²) in [5.41, 5.74) is 0.897. The van der Waals surface area contributed by atoms with Gasteiger partial charge in [0.2, 0.25) is 0 Å². The number of Topliss-reactive ketones (excluding diaryl/α,β-unsaturated/α-hetero) is 1. The van der Waals surface area contributed by atoms with Crippen LogP contribution >= 0.6 is 11.3 Å². The van der Waals surface area contributed by atoms with E-state index < -0.39 is 0 Å². The van der Waals surface area contributed by atoms with Crippen molar-refractivity contribution in [2.75, 3.05) is 0 Å². The first-order valence-electron chi connectivity index (χ1n) is 4.31. The zero-order chi connectivity index (χ0) is 10.2. The number of rotatable bonds is 1. The van der Waals surface area contributed by atoms with Crippen LogP contribution in [0.5, 0.6) is 0 Å². The van der Waals surface area contributed by atoms with Crippen LogP contribution < -0.4 is 0 Å². The van der Waals surface area contributed by atoms with E-state index >= 15 is 0 Å². The van der Waals surface area contributed by atoms with E-state index in [0.717, 1.165) is 15.6 Å². The normalized spacial score (nSPS) is 11.8. The molecule has 1 aromatic heterocycles. The summed E-state index contributed by atoms with van der Waals surface area (Å²) in [6.07, 6.45) is 0. The minimum atomic E-state index is -0.0359. The summed E-state index contributed by atoms with van der Waals surface area (Å²) in [7, 11) is 0. The van der Waals surface area contributed by atoms with E-state index in [1.54, 1.807) is 6.92 Å². The first-order valence-corrected chi connectivity index (χ1v) is 5.13. The van der Waals surface area contributed by atoms with E-state index in [-0.39, 0.29) is 11.2 Å². The van der Waals surface area contributed by atoms with E-state index in [4.69, 9.17) is 0 Å². The Kier molecular flexibility index (Phi) is 2.57. The van der Waals surface area contributed by atoms with Gasteiger partial charge in [0, 0.05) is 12.3 Å². The maximum atomic E-state index is 11.3. The summed E-state index contributed by atoms with van der Waals surface area (Å²) in [5.74, 6) is 0.121. The molecule has 0 aromatic carbocycles. The van der Waals surface area contributed by atoms with Crippen molar-refractivity contribution in [1.29, 1.82) is 0 Å². The van der Waals surface area contributed by atoms with Crippen LogP contribution in [-0.2, 0) is 5.41 Å². The average molecular weight is 197 g/mol. The Hall–Kier alpha value is -0.700. The van der Waals surface area contributed by atoms with Crippen molar-refractivity contribution in [3.63, 3.8) is 0 Å². The Labute approximate surface area is 83.0 Å². The van der Waals surface area contributed by atoms with Crippen LogP contribution in [0.4, 0.5) is 0 Å². The van der Waals surface area contributed by atoms with E-state index in [9.17, 15) is 4.79 Å². The van der Waals surface area contributed by atoms with E-state index in [0.29, 0.717) is 0 Å². The molecular weight excluding hydrogens is 182 g/mol. The van der Waals surface area contributed by atoms with Crippen molar-refractivity contribution in [2.45, 2.75) is 40.0 Å². The Morgan fingerprint density at radius 3 is 2.23 bits per heavy atom. The zero-order valence-electron chi connectivity index (χ0n) is 8.76. The van der Waals surface area contributed by atoms with Crippen molar-refractivity contribution in [2.24, 2.45) is 0 Å². The highest BCUT2D eigenvalue weighted by atomic mass is 32.1. The molecule has 0 N–H and O–H groups in total. The van der Waals surface area contributed by atoms with Crippen LogP contribution in [0.3, 0.4) is 0 Å². The summed E-state index contributed by atoms with van der Waals surface area (Å²) in [6, 6.07) is 0. The van der Waals surface area contributed by atoms with Gasteiger partial charge < -0.3 is 0 Å². The molecule has 0 unspecified atom stereocenters. The predicted octanol–water partition coefficient (Wildman–Crippen LogP) is 2.95. The molecule has 3 heteroatoms. The van der Waals surface area contributed by atoms with Gasteiger partial charge in [-0.3, -0.25) is 4.79 Å². The summed E-state index contributed by atoms with van der Waals surface area (Å²) < 4.78 is 0. The molecule has 0 amide bonds. The molecule has 13 heavy (non-hydrogen) atoms. The molecule has 1 heterocycles. The van der Waals surface area contributed by atoms with Crippen LogP contribution in [0.15, 0.2) is 0 Å². The fourth-order valence-electron chi connectivity index (χ4n) is 1.17. The lowest BCUT2D eigenvalue weighted by Crippen LogP contribution is -2.15. The molecule has 0 bridgehead atoms. The highest BCUT2D eigenvalue weighted by Crippen LogP contribution is 2.29. The largest absolute Gasteiger partial charge is 0.294 e. The number of thiazole rings is 1. The molecule has 0 saturated carbocycles. The molecule has 0 spiro atoms. The first kappa shape index (κ1) is 10.4. The van der Waals surface area contributed by atoms with Crippen molar-refractivity contribution >= 4 is 17.1 Å². The predicted molar refractivity (Wildman–Crippen MR) is 55.6 cm³/mol. The van der Waals surface area contributed by atoms with Crippen LogP contribution in [0, 0.1) is 6.92 Å². The summed E-state index contributed by atoms with van der Waals surface area (Å²) in [4.78, 5) is 16.5. The number of ketones is 1. The van der Waals surface area contributed by atoms with Crippen molar-refractivity contribution in [1.82, 2.24) is 4.98 Å². The third-order valence-electron chi connectivity index (χ3n) is 1.76. The second-order valence-corrected chi connectivity index (χ2v) is 5.42. The standard InChI is InChI=1S/C10H15NOS/c1-6(12)8-9(10(3,4)5)11-7(2)13-8/h1-5H3. The zero-order valence-corrected chi connectivity index (χ0v) is 9.58. The lowest BCUT2D eigenvalue weighted by Gasteiger charge is -2.16. The van der Waals surface area contributed by atoms with Gasteiger partial charge in [-0.1, -0.05) is 20.8 Å². The number of aromatic nitrogens is 1. The number of hydrogen-bond acceptors (Lipinski definition) is 3. The Balaban J connectivity index is 3.28. The van der Waals surface area contributed by atoms with Crippen LogP contribution in [-0.4, -0.2) is 10.8 Å². The molecule has 72 valence electrons. The molecule has 0 aliphatic rings. The van der Waals surface area contributed by atoms with Crippen LogP contribution in [0.1, 0.15) is 48.1 Å². The molecule has 2 nitrogen and oxygen atoms in total. The SMILES string of the molecule is CC(=O)c1sc(C)nc1C(C)(C)C. The van der Waals surface area contributed by atoms with Crippen LogP contribution in [0.25, 0.3) is 0 Å². The molecule has 1 aromatic rings. The number of carbonyl (C=O) groups is 1. The van der Waals surface area contributed by atoms with Crippen LogP contribution in [0.2, 0.25) is 0 Å².